The maximum Gasteiger partial charge on any atom is 0.102 e. The third kappa shape index (κ3) is 4.66. The molecule has 3 heterocycles. The molecule has 0 spiro atoms. The predicted molar refractivity (Wildman–Crippen MR) is 159 cm³/mol. The van der Waals surface area contributed by atoms with Crippen molar-refractivity contribution in [1.29, 1.82) is 0 Å². The molecule has 0 aromatic carbocycles. The van der Waals surface area contributed by atoms with Crippen LogP contribution in [0.3, 0.4) is 0 Å². The molecule has 2 aliphatic heterocycles. The fraction of sp³-hybridized carbons (Fsp3) is 0.829. The van der Waals surface area contributed by atoms with E-state index in [-0.39, 0.29) is 11.0 Å². The molecule has 0 radical (unpaired) electrons. The van der Waals surface area contributed by atoms with E-state index in [2.05, 4.69) is 35.8 Å². The van der Waals surface area contributed by atoms with Crippen molar-refractivity contribution in [3.63, 3.8) is 0 Å². The Bertz CT molecular complexity index is 1030. The highest BCUT2D eigenvalue weighted by molar-refractivity contribution is 5.30. The van der Waals surface area contributed by atoms with Gasteiger partial charge in [-0.25, -0.2) is 0 Å². The SMILES string of the molecule is C[C@]12CCC(OCCN3CCCC3)CC1=CC[C@@H]1[C@H]2CC[C@@]2(C)[C@H]1CCC2(OCCN1CCCC1)c1ccoc1. The topological polar surface area (TPSA) is 38.1 Å². The Morgan fingerprint density at radius 3 is 2.33 bits per heavy atom. The van der Waals surface area contributed by atoms with Crippen LogP contribution >= 0.6 is 0 Å². The summed E-state index contributed by atoms with van der Waals surface area (Å²) in [5.74, 6) is 2.30. The van der Waals surface area contributed by atoms with Crippen molar-refractivity contribution < 1.29 is 13.9 Å². The number of allylic oxidation sites excluding steroid dienone is 1. The molecule has 0 bridgehead atoms. The predicted octanol–water partition coefficient (Wildman–Crippen LogP) is 7.03. The first-order chi connectivity index (χ1) is 19.5. The highest BCUT2D eigenvalue weighted by Gasteiger charge is 2.65. The summed E-state index contributed by atoms with van der Waals surface area (Å²) in [7, 11) is 0. The first-order valence-corrected chi connectivity index (χ1v) is 16.9. The van der Waals surface area contributed by atoms with Crippen LogP contribution in [0.5, 0.6) is 0 Å². The summed E-state index contributed by atoms with van der Waals surface area (Å²) in [6.45, 7) is 14.2. The van der Waals surface area contributed by atoms with Gasteiger partial charge in [0.05, 0.1) is 31.8 Å². The van der Waals surface area contributed by atoms with Crippen LogP contribution in [0.2, 0.25) is 0 Å². The molecule has 2 unspecified atom stereocenters. The van der Waals surface area contributed by atoms with Crippen LogP contribution in [0.25, 0.3) is 0 Å². The fourth-order valence-corrected chi connectivity index (χ4v) is 10.8. The van der Waals surface area contributed by atoms with Crippen molar-refractivity contribution in [2.24, 2.45) is 28.6 Å². The average molecular weight is 551 g/mol. The second-order valence-corrected chi connectivity index (χ2v) is 14.8. The molecule has 5 fully saturated rings. The molecule has 222 valence electrons. The van der Waals surface area contributed by atoms with Crippen molar-refractivity contribution in [2.75, 3.05) is 52.5 Å². The van der Waals surface area contributed by atoms with Gasteiger partial charge in [-0.05, 0) is 132 Å². The molecule has 0 N–H and O–H groups in total. The van der Waals surface area contributed by atoms with Gasteiger partial charge < -0.3 is 23.7 Å². The first kappa shape index (κ1) is 27.7. The second kappa shape index (κ2) is 11.2. The van der Waals surface area contributed by atoms with E-state index in [9.17, 15) is 0 Å². The molecular weight excluding hydrogens is 496 g/mol. The standard InChI is InChI=1S/C35H54N2O3/c1-33-13-9-29(39-23-20-36-16-3-4-17-36)25-27(33)7-8-30-31(33)10-14-34(2)32(30)11-15-35(34,28-12-22-38-26-28)40-24-21-37-18-5-6-19-37/h7,12,22,26,29-32H,3-6,8-11,13-21,23-25H2,1-2H3/t29?,30-,31-,32+,33+,34+,35?/m1/s1. The largest absolute Gasteiger partial charge is 0.472 e. The summed E-state index contributed by atoms with van der Waals surface area (Å²) in [6, 6.07) is 2.21. The van der Waals surface area contributed by atoms with E-state index in [4.69, 9.17) is 13.9 Å². The summed E-state index contributed by atoms with van der Waals surface area (Å²) < 4.78 is 19.3. The number of nitrogens with zero attached hydrogens (tertiary/aromatic N) is 2. The van der Waals surface area contributed by atoms with Crippen molar-refractivity contribution in [3.8, 4) is 0 Å². The number of ether oxygens (including phenoxy) is 2. The second-order valence-electron chi connectivity index (χ2n) is 14.8. The fourth-order valence-electron chi connectivity index (χ4n) is 10.8. The van der Waals surface area contributed by atoms with Crippen LogP contribution < -0.4 is 0 Å². The Morgan fingerprint density at radius 2 is 1.60 bits per heavy atom. The summed E-state index contributed by atoms with van der Waals surface area (Å²) >= 11 is 0. The number of furan rings is 1. The van der Waals surface area contributed by atoms with Crippen molar-refractivity contribution >= 4 is 0 Å². The van der Waals surface area contributed by atoms with Gasteiger partial charge in [0.2, 0.25) is 0 Å². The van der Waals surface area contributed by atoms with Gasteiger partial charge in [0, 0.05) is 24.1 Å². The Kier molecular flexibility index (Phi) is 7.73. The van der Waals surface area contributed by atoms with Gasteiger partial charge in [-0.3, -0.25) is 0 Å². The number of rotatable bonds is 9. The molecule has 0 amide bonds. The van der Waals surface area contributed by atoms with Crippen molar-refractivity contribution in [3.05, 3.63) is 35.8 Å². The highest BCUT2D eigenvalue weighted by atomic mass is 16.5. The minimum atomic E-state index is -0.207. The van der Waals surface area contributed by atoms with Crippen LogP contribution in [0.4, 0.5) is 0 Å². The van der Waals surface area contributed by atoms with Crippen LogP contribution in [-0.2, 0) is 15.1 Å². The highest BCUT2D eigenvalue weighted by Crippen LogP contribution is 2.70. The molecule has 1 aromatic heterocycles. The van der Waals surface area contributed by atoms with Gasteiger partial charge in [-0.15, -0.1) is 0 Å². The molecule has 7 atom stereocenters. The molecule has 6 aliphatic rings. The van der Waals surface area contributed by atoms with Crippen molar-refractivity contribution in [2.45, 2.75) is 103 Å². The summed E-state index contributed by atoms with van der Waals surface area (Å²) in [6.07, 6.45) is 22.4. The lowest BCUT2D eigenvalue weighted by atomic mass is 9.46. The zero-order valence-electron chi connectivity index (χ0n) is 25.4. The monoisotopic (exact) mass is 550 g/mol. The zero-order valence-corrected chi connectivity index (χ0v) is 25.4. The van der Waals surface area contributed by atoms with Gasteiger partial charge in [-0.2, -0.15) is 0 Å². The lowest BCUT2D eigenvalue weighted by molar-refractivity contribution is -0.166. The molecule has 5 nitrogen and oxygen atoms in total. The Hall–Kier alpha value is -1.14. The maximum absolute atomic E-state index is 7.13. The molecule has 2 saturated heterocycles. The normalized spacial score (nSPS) is 42.0. The van der Waals surface area contributed by atoms with Crippen LogP contribution in [-0.4, -0.2) is 68.4 Å². The molecule has 40 heavy (non-hydrogen) atoms. The smallest absolute Gasteiger partial charge is 0.102 e. The van der Waals surface area contributed by atoms with Crippen LogP contribution in [0.15, 0.2) is 34.7 Å². The van der Waals surface area contributed by atoms with E-state index in [0.717, 1.165) is 50.5 Å². The van der Waals surface area contributed by atoms with Gasteiger partial charge in [0.1, 0.15) is 5.60 Å². The maximum atomic E-state index is 7.13. The molecule has 1 aromatic rings. The van der Waals surface area contributed by atoms with E-state index in [1.54, 1.807) is 5.57 Å². The molecule has 3 saturated carbocycles. The summed E-state index contributed by atoms with van der Waals surface area (Å²) in [5, 5.41) is 0. The van der Waals surface area contributed by atoms with E-state index in [1.807, 2.05) is 12.5 Å². The number of likely N-dealkylation sites (tertiary alicyclic amines) is 2. The number of fused-ring (bicyclic) bond motifs is 5. The number of hydrogen-bond acceptors (Lipinski definition) is 5. The van der Waals surface area contributed by atoms with Gasteiger partial charge in [-0.1, -0.05) is 25.5 Å². The van der Waals surface area contributed by atoms with Crippen molar-refractivity contribution in [1.82, 2.24) is 9.80 Å². The van der Waals surface area contributed by atoms with E-state index in [0.29, 0.717) is 11.5 Å². The lowest BCUT2D eigenvalue weighted by Crippen LogP contribution is -2.54. The third-order valence-electron chi connectivity index (χ3n) is 13.1. The van der Waals surface area contributed by atoms with Crippen LogP contribution in [0.1, 0.15) is 96.5 Å². The summed E-state index contributed by atoms with van der Waals surface area (Å²) in [4.78, 5) is 5.17. The van der Waals surface area contributed by atoms with E-state index < -0.39 is 0 Å². The molecule has 7 rings (SSSR count). The van der Waals surface area contributed by atoms with Gasteiger partial charge in [0.25, 0.3) is 0 Å². The molecule has 4 aliphatic carbocycles. The average Bonchev–Trinajstić information content (AvgIpc) is 3.77. The third-order valence-corrected chi connectivity index (χ3v) is 13.1. The lowest BCUT2D eigenvalue weighted by Gasteiger charge is -2.59. The quantitative estimate of drug-likeness (QED) is 0.309. The van der Waals surface area contributed by atoms with E-state index >= 15 is 0 Å². The zero-order chi connectivity index (χ0) is 27.2. The molecule has 5 heteroatoms. The van der Waals surface area contributed by atoms with E-state index in [1.165, 1.54) is 102 Å². The Labute approximate surface area is 243 Å². The Balaban J connectivity index is 1.05. The van der Waals surface area contributed by atoms with Gasteiger partial charge >= 0.3 is 0 Å². The number of hydrogen-bond donors (Lipinski definition) is 0. The summed E-state index contributed by atoms with van der Waals surface area (Å²) in [5.41, 5.74) is 3.34. The van der Waals surface area contributed by atoms with Crippen LogP contribution in [0, 0.1) is 28.6 Å². The Morgan fingerprint density at radius 1 is 0.875 bits per heavy atom. The minimum absolute atomic E-state index is 0.167. The molecular formula is C35H54N2O3. The first-order valence-electron chi connectivity index (χ1n) is 16.9. The minimum Gasteiger partial charge on any atom is -0.472 e. The van der Waals surface area contributed by atoms with Gasteiger partial charge in [0.15, 0.2) is 0 Å².